The highest BCUT2D eigenvalue weighted by Crippen LogP contribution is 2.16. The van der Waals surface area contributed by atoms with Crippen LogP contribution in [0, 0.1) is 0 Å². The van der Waals surface area contributed by atoms with Crippen molar-refractivity contribution in [3.63, 3.8) is 0 Å². The quantitative estimate of drug-likeness (QED) is 0.750. The van der Waals surface area contributed by atoms with Gasteiger partial charge in [-0.25, -0.2) is 0 Å². The summed E-state index contributed by atoms with van der Waals surface area (Å²) < 4.78 is 5.46. The summed E-state index contributed by atoms with van der Waals surface area (Å²) in [5.41, 5.74) is 1.20. The summed E-state index contributed by atoms with van der Waals surface area (Å²) in [5, 5.41) is 6.76. The van der Waals surface area contributed by atoms with Crippen molar-refractivity contribution in [2.24, 2.45) is 0 Å². The number of nitrogens with zero attached hydrogens (tertiary/aromatic N) is 1. The number of morpholine rings is 1. The zero-order valence-electron chi connectivity index (χ0n) is 8.94. The zero-order valence-corrected chi connectivity index (χ0v) is 8.94. The smallest absolute Gasteiger partial charge is 0.0638 e. The third kappa shape index (κ3) is 2.53. The van der Waals surface area contributed by atoms with Crippen LogP contribution in [0.15, 0.2) is 24.5 Å². The number of aromatic nitrogens is 1. The summed E-state index contributed by atoms with van der Waals surface area (Å²) in [7, 11) is 1.97. The van der Waals surface area contributed by atoms with E-state index in [1.54, 1.807) is 6.20 Å². The minimum absolute atomic E-state index is 0.263. The van der Waals surface area contributed by atoms with Gasteiger partial charge in [-0.2, -0.15) is 0 Å². The average Bonchev–Trinajstić information content (AvgIpc) is 2.33. The summed E-state index contributed by atoms with van der Waals surface area (Å²) in [6.45, 7) is 2.48. The maximum Gasteiger partial charge on any atom is 0.0638 e. The Hall–Kier alpha value is -0.970. The third-order valence-electron chi connectivity index (χ3n) is 2.71. The summed E-state index contributed by atoms with van der Waals surface area (Å²) in [6, 6.07) is 4.64. The maximum atomic E-state index is 5.46. The van der Waals surface area contributed by atoms with Crippen molar-refractivity contribution in [1.82, 2.24) is 15.6 Å². The summed E-state index contributed by atoms with van der Waals surface area (Å²) in [6.07, 6.45) is 3.69. The number of likely N-dealkylation sites (N-methyl/N-ethyl adjacent to an activating group) is 1. The Labute approximate surface area is 90.0 Å². The molecule has 0 radical (unpaired) electrons. The van der Waals surface area contributed by atoms with E-state index in [0.29, 0.717) is 6.04 Å². The van der Waals surface area contributed by atoms with Crippen LogP contribution in [0.3, 0.4) is 0 Å². The summed E-state index contributed by atoms with van der Waals surface area (Å²) >= 11 is 0. The molecule has 1 aromatic rings. The van der Waals surface area contributed by atoms with Crippen LogP contribution in [-0.2, 0) is 4.74 Å². The van der Waals surface area contributed by atoms with Crippen molar-refractivity contribution in [3.8, 4) is 0 Å². The summed E-state index contributed by atoms with van der Waals surface area (Å²) in [5.74, 6) is 0. The van der Waals surface area contributed by atoms with Crippen LogP contribution in [0.25, 0.3) is 0 Å². The number of ether oxygens (including phenoxy) is 1. The molecule has 1 aromatic heterocycles. The molecule has 0 bridgehead atoms. The van der Waals surface area contributed by atoms with Crippen LogP contribution in [0.4, 0.5) is 0 Å². The van der Waals surface area contributed by atoms with E-state index in [2.05, 4.69) is 21.7 Å². The predicted octanol–water partition coefficient (Wildman–Crippen LogP) is 0.330. The highest BCUT2D eigenvalue weighted by Gasteiger charge is 2.23. The Bertz CT molecular complexity index is 285. The van der Waals surface area contributed by atoms with Gasteiger partial charge < -0.3 is 15.4 Å². The van der Waals surface area contributed by atoms with Gasteiger partial charge in [0.05, 0.1) is 25.3 Å². The lowest BCUT2D eigenvalue weighted by Crippen LogP contribution is -2.48. The van der Waals surface area contributed by atoms with Crippen LogP contribution in [0.5, 0.6) is 0 Å². The first-order valence-corrected chi connectivity index (χ1v) is 5.30. The molecule has 1 aliphatic heterocycles. The van der Waals surface area contributed by atoms with E-state index in [1.165, 1.54) is 5.56 Å². The first-order valence-electron chi connectivity index (χ1n) is 5.30. The van der Waals surface area contributed by atoms with E-state index in [0.717, 1.165) is 19.8 Å². The molecule has 2 N–H and O–H groups in total. The van der Waals surface area contributed by atoms with Crippen molar-refractivity contribution in [3.05, 3.63) is 30.1 Å². The van der Waals surface area contributed by atoms with Crippen LogP contribution < -0.4 is 10.6 Å². The molecular weight excluding hydrogens is 190 g/mol. The van der Waals surface area contributed by atoms with Gasteiger partial charge in [0.1, 0.15) is 0 Å². The van der Waals surface area contributed by atoms with Gasteiger partial charge >= 0.3 is 0 Å². The topological polar surface area (TPSA) is 46.2 Å². The van der Waals surface area contributed by atoms with Crippen LogP contribution in [0.1, 0.15) is 11.6 Å². The van der Waals surface area contributed by atoms with E-state index < -0.39 is 0 Å². The Balaban J connectivity index is 2.09. The Morgan fingerprint density at radius 2 is 2.60 bits per heavy atom. The molecule has 4 heteroatoms. The second kappa shape index (κ2) is 5.21. The van der Waals surface area contributed by atoms with Gasteiger partial charge in [-0.05, 0) is 18.7 Å². The molecule has 2 unspecified atom stereocenters. The highest BCUT2D eigenvalue weighted by molar-refractivity contribution is 5.16. The monoisotopic (exact) mass is 207 g/mol. The second-order valence-corrected chi connectivity index (χ2v) is 3.69. The van der Waals surface area contributed by atoms with Gasteiger partial charge in [0.15, 0.2) is 0 Å². The number of nitrogens with one attached hydrogen (secondary N) is 2. The van der Waals surface area contributed by atoms with Crippen molar-refractivity contribution in [1.29, 1.82) is 0 Å². The fourth-order valence-electron chi connectivity index (χ4n) is 1.96. The molecule has 2 heterocycles. The molecule has 15 heavy (non-hydrogen) atoms. The molecule has 1 fully saturated rings. The fourth-order valence-corrected chi connectivity index (χ4v) is 1.96. The Kier molecular flexibility index (Phi) is 3.66. The standard InChI is InChI=1S/C11H17N3O/c1-12-11(9-3-2-4-13-7-9)10-8-15-6-5-14-10/h2-4,7,10-12,14H,5-6,8H2,1H3. The molecule has 82 valence electrons. The van der Waals surface area contributed by atoms with E-state index in [4.69, 9.17) is 4.74 Å². The van der Waals surface area contributed by atoms with E-state index in [1.807, 2.05) is 19.3 Å². The molecule has 0 amide bonds. The van der Waals surface area contributed by atoms with Gasteiger partial charge in [-0.3, -0.25) is 4.98 Å². The molecule has 2 atom stereocenters. The minimum Gasteiger partial charge on any atom is -0.378 e. The second-order valence-electron chi connectivity index (χ2n) is 3.69. The van der Waals surface area contributed by atoms with Gasteiger partial charge in [-0.15, -0.1) is 0 Å². The van der Waals surface area contributed by atoms with Gasteiger partial charge in [0.2, 0.25) is 0 Å². The van der Waals surface area contributed by atoms with Crippen molar-refractivity contribution < 1.29 is 4.74 Å². The average molecular weight is 207 g/mol. The first-order chi connectivity index (χ1) is 7.42. The number of hydrogen-bond acceptors (Lipinski definition) is 4. The molecule has 0 spiro atoms. The lowest BCUT2D eigenvalue weighted by Gasteiger charge is -2.31. The van der Waals surface area contributed by atoms with Gasteiger partial charge in [0.25, 0.3) is 0 Å². The highest BCUT2D eigenvalue weighted by atomic mass is 16.5. The molecule has 0 aliphatic carbocycles. The largest absolute Gasteiger partial charge is 0.378 e. The van der Waals surface area contributed by atoms with Crippen molar-refractivity contribution in [2.45, 2.75) is 12.1 Å². The van der Waals surface area contributed by atoms with Crippen LogP contribution >= 0.6 is 0 Å². The fraction of sp³-hybridized carbons (Fsp3) is 0.545. The van der Waals surface area contributed by atoms with Crippen molar-refractivity contribution in [2.75, 3.05) is 26.8 Å². The SMILES string of the molecule is CNC(c1cccnc1)C1COCCN1. The predicted molar refractivity (Wildman–Crippen MR) is 58.6 cm³/mol. The van der Waals surface area contributed by atoms with Gasteiger partial charge in [-0.1, -0.05) is 6.07 Å². The van der Waals surface area contributed by atoms with Crippen LogP contribution in [-0.4, -0.2) is 37.8 Å². The number of hydrogen-bond donors (Lipinski definition) is 2. The maximum absolute atomic E-state index is 5.46. The van der Waals surface area contributed by atoms with Crippen LogP contribution in [0.2, 0.25) is 0 Å². The molecular formula is C11H17N3O. The molecule has 4 nitrogen and oxygen atoms in total. The Morgan fingerprint density at radius 3 is 3.20 bits per heavy atom. The summed E-state index contributed by atoms with van der Waals surface area (Å²) in [4.78, 5) is 4.14. The van der Waals surface area contributed by atoms with E-state index >= 15 is 0 Å². The molecule has 0 saturated carbocycles. The van der Waals surface area contributed by atoms with E-state index in [9.17, 15) is 0 Å². The number of pyridine rings is 1. The first kappa shape index (κ1) is 10.5. The molecule has 1 saturated heterocycles. The van der Waals surface area contributed by atoms with E-state index in [-0.39, 0.29) is 6.04 Å². The normalized spacial score (nSPS) is 23.7. The number of rotatable bonds is 3. The molecule has 1 aliphatic rings. The molecule has 2 rings (SSSR count). The lowest BCUT2D eigenvalue weighted by atomic mass is 10.0. The zero-order chi connectivity index (χ0) is 10.5. The Morgan fingerprint density at radius 1 is 1.67 bits per heavy atom. The van der Waals surface area contributed by atoms with Crippen molar-refractivity contribution >= 4 is 0 Å². The van der Waals surface area contributed by atoms with Gasteiger partial charge in [0, 0.05) is 18.9 Å². The molecule has 0 aromatic carbocycles. The lowest BCUT2D eigenvalue weighted by molar-refractivity contribution is 0.0645. The third-order valence-corrected chi connectivity index (χ3v) is 2.71. The minimum atomic E-state index is 0.263.